The highest BCUT2D eigenvalue weighted by atomic mass is 19.4. The van der Waals surface area contributed by atoms with E-state index in [0.717, 1.165) is 32.6 Å². The lowest BCUT2D eigenvalue weighted by Crippen LogP contribution is -2.29. The van der Waals surface area contributed by atoms with Crippen molar-refractivity contribution >= 4 is 17.6 Å². The Morgan fingerprint density at radius 2 is 1.52 bits per heavy atom. The van der Waals surface area contributed by atoms with Crippen molar-refractivity contribution in [2.24, 2.45) is 0 Å². The molecule has 0 N–H and O–H groups in total. The standard InChI is InChI=1S/C18H13F6NO4/c1-28-15(26)11-5-3-4-8-25(14(11)16(27)29-2)13-9-10(17(19,20)21)6-7-12(13)18(22,23)24/h3-9H,1-2H3. The molecule has 29 heavy (non-hydrogen) atoms. The normalized spacial score (nSPS) is 14.7. The maximum Gasteiger partial charge on any atom is 0.418 e. The molecule has 1 aliphatic rings. The van der Waals surface area contributed by atoms with Crippen LogP contribution in [0.2, 0.25) is 0 Å². The molecule has 5 nitrogen and oxygen atoms in total. The van der Waals surface area contributed by atoms with Crippen LogP contribution >= 0.6 is 0 Å². The number of nitrogens with zero attached hydrogens (tertiary/aromatic N) is 1. The summed E-state index contributed by atoms with van der Waals surface area (Å²) in [5, 5.41) is 0. The third kappa shape index (κ3) is 4.61. The number of hydrogen-bond donors (Lipinski definition) is 0. The fraction of sp³-hybridized carbons (Fsp3) is 0.222. The van der Waals surface area contributed by atoms with Crippen LogP contribution in [-0.2, 0) is 31.4 Å². The van der Waals surface area contributed by atoms with Crippen molar-refractivity contribution in [2.75, 3.05) is 19.1 Å². The largest absolute Gasteiger partial charge is 0.465 e. The Hall–Kier alpha value is -3.24. The van der Waals surface area contributed by atoms with Crippen molar-refractivity contribution in [1.82, 2.24) is 0 Å². The van der Waals surface area contributed by atoms with Gasteiger partial charge in [0.1, 0.15) is 5.70 Å². The summed E-state index contributed by atoms with van der Waals surface area (Å²) in [5.74, 6) is -2.36. The first-order valence-electron chi connectivity index (χ1n) is 7.75. The predicted molar refractivity (Wildman–Crippen MR) is 88.3 cm³/mol. The van der Waals surface area contributed by atoms with E-state index in [1.54, 1.807) is 0 Å². The molecule has 0 atom stereocenters. The van der Waals surface area contributed by atoms with E-state index in [9.17, 15) is 35.9 Å². The van der Waals surface area contributed by atoms with Crippen molar-refractivity contribution in [2.45, 2.75) is 12.4 Å². The molecule has 0 radical (unpaired) electrons. The number of allylic oxidation sites excluding steroid dienone is 2. The second-order valence-electron chi connectivity index (χ2n) is 5.54. The molecule has 1 aromatic rings. The smallest absolute Gasteiger partial charge is 0.418 e. The van der Waals surface area contributed by atoms with Gasteiger partial charge in [0.2, 0.25) is 0 Å². The van der Waals surface area contributed by atoms with Gasteiger partial charge >= 0.3 is 24.3 Å². The first-order chi connectivity index (χ1) is 13.4. The topological polar surface area (TPSA) is 55.8 Å². The molecular formula is C18H13F6NO4. The average molecular weight is 421 g/mol. The molecule has 0 spiro atoms. The van der Waals surface area contributed by atoms with E-state index in [0.29, 0.717) is 4.90 Å². The minimum absolute atomic E-state index is 0.232. The van der Waals surface area contributed by atoms with E-state index in [4.69, 9.17) is 0 Å². The molecule has 0 unspecified atom stereocenters. The summed E-state index contributed by atoms with van der Waals surface area (Å²) in [7, 11) is 1.86. The van der Waals surface area contributed by atoms with E-state index in [-0.39, 0.29) is 18.2 Å². The Kier molecular flexibility index (Phi) is 6.10. The van der Waals surface area contributed by atoms with Crippen LogP contribution in [0.5, 0.6) is 0 Å². The summed E-state index contributed by atoms with van der Waals surface area (Å²) in [6.45, 7) is 0. The molecule has 0 fully saturated rings. The van der Waals surface area contributed by atoms with Crippen LogP contribution in [0.3, 0.4) is 0 Å². The van der Waals surface area contributed by atoms with Crippen molar-refractivity contribution in [3.05, 3.63) is 65.0 Å². The van der Waals surface area contributed by atoms with Crippen molar-refractivity contribution < 1.29 is 45.4 Å². The number of benzene rings is 1. The Balaban J connectivity index is 2.87. The fourth-order valence-electron chi connectivity index (χ4n) is 2.50. The molecule has 156 valence electrons. The summed E-state index contributed by atoms with van der Waals surface area (Å²) >= 11 is 0. The Labute approximate surface area is 160 Å². The highest BCUT2D eigenvalue weighted by Crippen LogP contribution is 2.42. The number of hydrogen-bond acceptors (Lipinski definition) is 5. The first-order valence-corrected chi connectivity index (χ1v) is 7.75. The monoisotopic (exact) mass is 421 g/mol. The van der Waals surface area contributed by atoms with Gasteiger partial charge in [0.05, 0.1) is 36.6 Å². The number of ether oxygens (including phenoxy) is 2. The highest BCUT2D eigenvalue weighted by molar-refractivity contribution is 6.05. The third-order valence-electron chi connectivity index (χ3n) is 3.78. The van der Waals surface area contributed by atoms with Gasteiger partial charge in [-0.3, -0.25) is 0 Å². The van der Waals surface area contributed by atoms with Gasteiger partial charge in [-0.05, 0) is 30.4 Å². The van der Waals surface area contributed by atoms with Gasteiger partial charge in [0.25, 0.3) is 0 Å². The van der Waals surface area contributed by atoms with Crippen molar-refractivity contribution in [3.63, 3.8) is 0 Å². The van der Waals surface area contributed by atoms with Crippen LogP contribution in [0.15, 0.2) is 53.9 Å². The van der Waals surface area contributed by atoms with Crippen LogP contribution in [0.4, 0.5) is 32.0 Å². The summed E-state index contributed by atoms with van der Waals surface area (Å²) < 4.78 is 88.9. The van der Waals surface area contributed by atoms with Crippen LogP contribution < -0.4 is 4.90 Å². The van der Waals surface area contributed by atoms with Gasteiger partial charge in [0, 0.05) is 6.20 Å². The fourth-order valence-corrected chi connectivity index (χ4v) is 2.50. The van der Waals surface area contributed by atoms with Crippen molar-refractivity contribution in [3.8, 4) is 0 Å². The lowest BCUT2D eigenvalue weighted by atomic mass is 10.1. The summed E-state index contributed by atoms with van der Waals surface area (Å²) in [5.41, 5.74) is -5.10. The van der Waals surface area contributed by atoms with Crippen LogP contribution in [0.1, 0.15) is 11.1 Å². The number of alkyl halides is 6. The maximum absolute atomic E-state index is 13.5. The zero-order chi connectivity index (χ0) is 22.0. The Bertz CT molecular complexity index is 912. The van der Waals surface area contributed by atoms with Gasteiger partial charge in [0.15, 0.2) is 0 Å². The van der Waals surface area contributed by atoms with E-state index in [2.05, 4.69) is 9.47 Å². The Morgan fingerprint density at radius 3 is 2.03 bits per heavy atom. The molecule has 11 heteroatoms. The maximum atomic E-state index is 13.5. The molecule has 0 amide bonds. The summed E-state index contributed by atoms with van der Waals surface area (Å²) in [6.07, 6.45) is -5.69. The second-order valence-corrected chi connectivity index (χ2v) is 5.54. The van der Waals surface area contributed by atoms with Crippen LogP contribution in [0, 0.1) is 0 Å². The number of methoxy groups -OCH3 is 2. The SMILES string of the molecule is COC(=O)C1=C(C(=O)OC)N(c2cc(C(F)(F)F)ccc2C(F)(F)F)C=CC=C1. The predicted octanol–water partition coefficient (Wildman–Crippen LogP) is 4.21. The Morgan fingerprint density at radius 1 is 0.897 bits per heavy atom. The van der Waals surface area contributed by atoms with Gasteiger partial charge < -0.3 is 14.4 Å². The van der Waals surface area contributed by atoms with Gasteiger partial charge in [-0.25, -0.2) is 9.59 Å². The molecule has 0 aromatic heterocycles. The van der Waals surface area contributed by atoms with E-state index in [1.165, 1.54) is 6.08 Å². The quantitative estimate of drug-likeness (QED) is 0.541. The number of carbonyl (C=O) groups is 2. The average Bonchev–Trinajstić information content (AvgIpc) is 2.87. The third-order valence-corrected chi connectivity index (χ3v) is 3.78. The van der Waals surface area contributed by atoms with Crippen molar-refractivity contribution in [1.29, 1.82) is 0 Å². The summed E-state index contributed by atoms with van der Waals surface area (Å²) in [4.78, 5) is 24.8. The molecule has 0 aliphatic carbocycles. The number of esters is 2. The molecule has 1 aliphatic heterocycles. The molecule has 1 heterocycles. The van der Waals surface area contributed by atoms with E-state index < -0.39 is 52.4 Å². The number of rotatable bonds is 3. The molecule has 2 rings (SSSR count). The lowest BCUT2D eigenvalue weighted by Gasteiger charge is -2.27. The minimum atomic E-state index is -5.06. The zero-order valence-electron chi connectivity index (χ0n) is 14.9. The minimum Gasteiger partial charge on any atom is -0.465 e. The van der Waals surface area contributed by atoms with E-state index >= 15 is 0 Å². The van der Waals surface area contributed by atoms with Gasteiger partial charge in [-0.1, -0.05) is 6.08 Å². The number of carbonyl (C=O) groups excluding carboxylic acids is 2. The number of anilines is 1. The van der Waals surface area contributed by atoms with Crippen LogP contribution in [0.25, 0.3) is 0 Å². The zero-order valence-corrected chi connectivity index (χ0v) is 14.9. The first kappa shape index (κ1) is 22.1. The highest BCUT2D eigenvalue weighted by Gasteiger charge is 2.40. The lowest BCUT2D eigenvalue weighted by molar-refractivity contribution is -0.141. The molecule has 0 saturated carbocycles. The summed E-state index contributed by atoms with van der Waals surface area (Å²) in [6, 6.07) is 0.752. The molecule has 0 saturated heterocycles. The van der Waals surface area contributed by atoms with Gasteiger partial charge in [-0.15, -0.1) is 0 Å². The second kappa shape index (κ2) is 8.02. The number of halogens is 6. The van der Waals surface area contributed by atoms with Crippen LogP contribution in [-0.4, -0.2) is 26.2 Å². The van der Waals surface area contributed by atoms with Gasteiger partial charge in [-0.2, -0.15) is 26.3 Å². The molecular weight excluding hydrogens is 408 g/mol. The van der Waals surface area contributed by atoms with E-state index in [1.807, 2.05) is 0 Å². The molecule has 0 bridgehead atoms. The molecule has 1 aromatic carbocycles.